The van der Waals surface area contributed by atoms with E-state index in [1.807, 2.05) is 0 Å². The largest absolute Gasteiger partial charge is 0.419 e. The Hall–Kier alpha value is -3.67. The summed E-state index contributed by atoms with van der Waals surface area (Å²) in [6.07, 6.45) is -0.805. The molecule has 3 heterocycles. The third kappa shape index (κ3) is 4.28. The highest BCUT2D eigenvalue weighted by Gasteiger charge is 2.34. The van der Waals surface area contributed by atoms with Gasteiger partial charge in [-0.25, -0.2) is 22.9 Å². The van der Waals surface area contributed by atoms with E-state index in [-0.39, 0.29) is 11.3 Å². The van der Waals surface area contributed by atoms with Gasteiger partial charge in [0.15, 0.2) is 5.65 Å². The molecule has 12 heteroatoms. The fourth-order valence-corrected chi connectivity index (χ4v) is 3.55. The summed E-state index contributed by atoms with van der Waals surface area (Å²) in [7, 11) is -3.41. The number of nitrogens with one attached hydrogen (secondary N) is 1. The van der Waals surface area contributed by atoms with Crippen molar-refractivity contribution in [2.45, 2.75) is 6.18 Å². The third-order valence-electron chi connectivity index (χ3n) is 4.37. The summed E-state index contributed by atoms with van der Waals surface area (Å²) in [5, 5.41) is 4.41. The number of benzene rings is 1. The Morgan fingerprint density at radius 3 is 2.35 bits per heavy atom. The van der Waals surface area contributed by atoms with Crippen LogP contribution in [0.15, 0.2) is 54.9 Å². The highest BCUT2D eigenvalue weighted by Crippen LogP contribution is 2.35. The maximum absolute atomic E-state index is 13.2. The van der Waals surface area contributed by atoms with Crippen molar-refractivity contribution in [1.82, 2.24) is 19.6 Å². The van der Waals surface area contributed by atoms with E-state index in [0.717, 1.165) is 12.3 Å². The molecule has 0 unspecified atom stereocenters. The quantitative estimate of drug-likeness (QED) is 0.494. The van der Waals surface area contributed by atoms with Crippen LogP contribution in [-0.2, 0) is 16.2 Å². The average molecular weight is 448 g/mol. The third-order valence-corrected chi connectivity index (χ3v) is 4.97. The molecule has 0 atom stereocenters. The zero-order valence-electron chi connectivity index (χ0n) is 15.9. The van der Waals surface area contributed by atoms with Crippen LogP contribution in [-0.4, -0.2) is 34.3 Å². The number of alkyl halides is 3. The van der Waals surface area contributed by atoms with Gasteiger partial charge in [-0.05, 0) is 30.3 Å². The van der Waals surface area contributed by atoms with E-state index < -0.39 is 27.6 Å². The number of hydrogen-bond donors (Lipinski definition) is 2. The predicted octanol–water partition coefficient (Wildman–Crippen LogP) is 3.43. The Balaban J connectivity index is 1.75. The van der Waals surface area contributed by atoms with Gasteiger partial charge in [0.1, 0.15) is 5.82 Å². The van der Waals surface area contributed by atoms with Crippen molar-refractivity contribution in [3.63, 3.8) is 0 Å². The van der Waals surface area contributed by atoms with E-state index in [2.05, 4.69) is 19.8 Å². The van der Waals surface area contributed by atoms with E-state index in [1.165, 1.54) is 10.7 Å². The van der Waals surface area contributed by atoms with Gasteiger partial charge in [0.2, 0.25) is 10.0 Å². The van der Waals surface area contributed by atoms with E-state index in [1.54, 1.807) is 42.6 Å². The molecule has 0 amide bonds. The standard InChI is InChI=1S/C19H15F3N6O2S/c1-31(29,30)27-13-4-2-11(3-5-13)16-10-24-17-7-6-15(26-28(16)17)12-8-14(19(20,21)22)18(23)25-9-12/h2-10,27H,1H3,(H2,23,25). The number of hydrogen-bond acceptors (Lipinski definition) is 6. The second-order valence-electron chi connectivity index (χ2n) is 6.74. The van der Waals surface area contributed by atoms with Crippen LogP contribution >= 0.6 is 0 Å². The lowest BCUT2D eigenvalue weighted by Crippen LogP contribution is -2.10. The van der Waals surface area contributed by atoms with Crippen LogP contribution < -0.4 is 10.5 Å². The number of aromatic nitrogens is 4. The first-order valence-electron chi connectivity index (χ1n) is 8.77. The molecule has 31 heavy (non-hydrogen) atoms. The number of anilines is 2. The molecule has 0 aliphatic rings. The maximum atomic E-state index is 13.2. The molecule has 4 aromatic rings. The molecule has 0 bridgehead atoms. The molecule has 0 spiro atoms. The molecule has 3 N–H and O–H groups in total. The van der Waals surface area contributed by atoms with Crippen LogP contribution in [0.3, 0.4) is 0 Å². The number of halogens is 3. The second-order valence-corrected chi connectivity index (χ2v) is 8.49. The fraction of sp³-hybridized carbons (Fsp3) is 0.105. The molecule has 0 saturated carbocycles. The maximum Gasteiger partial charge on any atom is 0.419 e. The summed E-state index contributed by atoms with van der Waals surface area (Å²) < 4.78 is 66.1. The van der Waals surface area contributed by atoms with Crippen LogP contribution in [0.1, 0.15) is 5.56 Å². The van der Waals surface area contributed by atoms with Gasteiger partial charge in [-0.1, -0.05) is 12.1 Å². The summed E-state index contributed by atoms with van der Waals surface area (Å²) in [4.78, 5) is 7.90. The molecule has 0 radical (unpaired) electrons. The normalized spacial score (nSPS) is 12.3. The van der Waals surface area contributed by atoms with Crippen LogP contribution in [0.5, 0.6) is 0 Å². The number of pyridine rings is 1. The van der Waals surface area contributed by atoms with Crippen molar-refractivity contribution in [3.8, 4) is 22.5 Å². The van der Waals surface area contributed by atoms with Gasteiger partial charge in [0.05, 0.1) is 29.4 Å². The van der Waals surface area contributed by atoms with Gasteiger partial charge in [-0.2, -0.15) is 18.3 Å². The summed E-state index contributed by atoms with van der Waals surface area (Å²) >= 11 is 0. The van der Waals surface area contributed by atoms with Crippen molar-refractivity contribution in [2.24, 2.45) is 0 Å². The lowest BCUT2D eigenvalue weighted by molar-refractivity contribution is -0.137. The van der Waals surface area contributed by atoms with Crippen molar-refractivity contribution >= 4 is 27.2 Å². The van der Waals surface area contributed by atoms with E-state index in [0.29, 0.717) is 22.6 Å². The van der Waals surface area contributed by atoms with Crippen LogP contribution in [0, 0.1) is 0 Å². The van der Waals surface area contributed by atoms with Gasteiger partial charge in [-0.3, -0.25) is 4.72 Å². The second kappa shape index (κ2) is 7.23. The Morgan fingerprint density at radius 1 is 1.00 bits per heavy atom. The van der Waals surface area contributed by atoms with Gasteiger partial charge in [-0.15, -0.1) is 0 Å². The van der Waals surface area contributed by atoms with Gasteiger partial charge < -0.3 is 5.73 Å². The van der Waals surface area contributed by atoms with E-state index in [4.69, 9.17) is 5.73 Å². The summed E-state index contributed by atoms with van der Waals surface area (Å²) in [5.41, 5.74) is 6.86. The molecule has 0 aliphatic heterocycles. The van der Waals surface area contributed by atoms with Crippen molar-refractivity contribution < 1.29 is 21.6 Å². The minimum atomic E-state index is -4.64. The Morgan fingerprint density at radius 2 is 1.71 bits per heavy atom. The fourth-order valence-electron chi connectivity index (χ4n) is 2.99. The van der Waals surface area contributed by atoms with Crippen LogP contribution in [0.2, 0.25) is 0 Å². The van der Waals surface area contributed by atoms with Crippen molar-refractivity contribution in [3.05, 3.63) is 60.4 Å². The topological polar surface area (TPSA) is 115 Å². The number of sulfonamides is 1. The predicted molar refractivity (Wildman–Crippen MR) is 110 cm³/mol. The molecule has 0 fully saturated rings. The van der Waals surface area contributed by atoms with Crippen LogP contribution in [0.25, 0.3) is 28.2 Å². The Kier molecular flexibility index (Phi) is 4.81. The summed E-state index contributed by atoms with van der Waals surface area (Å²) in [5.74, 6) is -0.608. The first-order chi connectivity index (χ1) is 14.5. The number of imidazole rings is 1. The molecule has 3 aromatic heterocycles. The van der Waals surface area contributed by atoms with Gasteiger partial charge in [0.25, 0.3) is 0 Å². The molecule has 8 nitrogen and oxygen atoms in total. The SMILES string of the molecule is CS(=O)(=O)Nc1ccc(-c2cnc3ccc(-c4cnc(N)c(C(F)(F)F)c4)nn23)cc1. The monoisotopic (exact) mass is 448 g/mol. The molecular weight excluding hydrogens is 433 g/mol. The molecular formula is C19H15F3N6O2S. The summed E-state index contributed by atoms with van der Waals surface area (Å²) in [6, 6.07) is 10.6. The summed E-state index contributed by atoms with van der Waals surface area (Å²) in [6.45, 7) is 0. The molecule has 1 aromatic carbocycles. The smallest absolute Gasteiger partial charge is 0.383 e. The number of nitrogens with zero attached hydrogens (tertiary/aromatic N) is 4. The Bertz CT molecular complexity index is 1380. The molecule has 0 saturated heterocycles. The number of fused-ring (bicyclic) bond motifs is 1. The zero-order chi connectivity index (χ0) is 22.4. The average Bonchev–Trinajstić information content (AvgIpc) is 3.10. The first kappa shape index (κ1) is 20.6. The molecule has 160 valence electrons. The highest BCUT2D eigenvalue weighted by atomic mass is 32.2. The minimum absolute atomic E-state index is 0.149. The zero-order valence-corrected chi connectivity index (χ0v) is 16.7. The van der Waals surface area contributed by atoms with Gasteiger partial charge >= 0.3 is 6.18 Å². The highest BCUT2D eigenvalue weighted by molar-refractivity contribution is 7.92. The van der Waals surface area contributed by atoms with Crippen LogP contribution in [0.4, 0.5) is 24.7 Å². The number of rotatable bonds is 4. The van der Waals surface area contributed by atoms with Crippen molar-refractivity contribution in [1.29, 1.82) is 0 Å². The van der Waals surface area contributed by atoms with Gasteiger partial charge in [0, 0.05) is 23.0 Å². The minimum Gasteiger partial charge on any atom is -0.383 e. The molecule has 4 rings (SSSR count). The molecule has 0 aliphatic carbocycles. The first-order valence-corrected chi connectivity index (χ1v) is 10.7. The lowest BCUT2D eigenvalue weighted by atomic mass is 10.1. The number of nitrogens with two attached hydrogens (primary N) is 1. The number of nitrogen functional groups attached to an aromatic ring is 1. The van der Waals surface area contributed by atoms with E-state index in [9.17, 15) is 21.6 Å². The van der Waals surface area contributed by atoms with Crippen molar-refractivity contribution in [2.75, 3.05) is 16.7 Å². The van der Waals surface area contributed by atoms with E-state index >= 15 is 0 Å². The lowest BCUT2D eigenvalue weighted by Gasteiger charge is -2.11. The Labute approximate surface area is 174 Å².